The average molecular weight is 503 g/mol. The van der Waals surface area contributed by atoms with Gasteiger partial charge in [0, 0.05) is 12.5 Å². The molecule has 2 heterocycles. The van der Waals surface area contributed by atoms with E-state index >= 15 is 0 Å². The molecule has 1 saturated heterocycles. The number of aromatic nitrogens is 1. The van der Waals surface area contributed by atoms with E-state index in [2.05, 4.69) is 4.84 Å². The molecule has 0 radical (unpaired) electrons. The Morgan fingerprint density at radius 1 is 1.03 bits per heavy atom. The number of nitrogen functional groups attached to an aromatic ring is 1. The zero-order valence-electron chi connectivity index (χ0n) is 20.8. The molecule has 0 unspecified atom stereocenters. The molecule has 0 spiro atoms. The third-order valence-electron chi connectivity index (χ3n) is 6.70. The van der Waals surface area contributed by atoms with Crippen molar-refractivity contribution in [1.29, 1.82) is 0 Å². The lowest BCUT2D eigenvalue weighted by Crippen LogP contribution is -2.53. The molecular weight excluding hydrogens is 476 g/mol. The third-order valence-corrected chi connectivity index (χ3v) is 6.70. The lowest BCUT2D eigenvalue weighted by atomic mass is 9.77. The van der Waals surface area contributed by atoms with Gasteiger partial charge in [-0.05, 0) is 73.1 Å². The summed E-state index contributed by atoms with van der Waals surface area (Å²) in [6, 6.07) is 12.5. The van der Waals surface area contributed by atoms with Crippen LogP contribution >= 0.6 is 0 Å². The largest absolute Gasteiger partial charge is 0.496 e. The maximum Gasteiger partial charge on any atom is 0.495 e. The van der Waals surface area contributed by atoms with E-state index in [4.69, 9.17) is 19.8 Å². The van der Waals surface area contributed by atoms with Crippen LogP contribution in [0.15, 0.2) is 42.5 Å². The first-order chi connectivity index (χ1) is 16.6. The van der Waals surface area contributed by atoms with E-state index in [1.807, 2.05) is 52.0 Å². The van der Waals surface area contributed by atoms with E-state index in [1.165, 1.54) is 6.92 Å². The highest BCUT2D eigenvalue weighted by Gasteiger charge is 2.51. The van der Waals surface area contributed by atoms with Gasteiger partial charge in [0.25, 0.3) is 0 Å². The molecule has 11 heteroatoms. The van der Waals surface area contributed by atoms with E-state index in [-0.39, 0.29) is 11.5 Å². The van der Waals surface area contributed by atoms with Gasteiger partial charge in [0.1, 0.15) is 11.4 Å². The Kier molecular flexibility index (Phi) is 6.21. The van der Waals surface area contributed by atoms with Gasteiger partial charge in [-0.25, -0.2) is 9.63 Å². The fourth-order valence-electron chi connectivity index (χ4n) is 4.00. The number of aryl methyl sites for hydroxylation is 1. The second kappa shape index (κ2) is 8.67. The predicted octanol–water partition coefficient (Wildman–Crippen LogP) is 3.51. The Morgan fingerprint density at radius 3 is 2.25 bits per heavy atom. The van der Waals surface area contributed by atoms with Crippen molar-refractivity contribution in [3.63, 3.8) is 0 Å². The molecule has 1 aromatic heterocycles. The second-order valence-corrected chi connectivity index (χ2v) is 9.69. The summed E-state index contributed by atoms with van der Waals surface area (Å²) in [7, 11) is 0.995. The molecule has 3 aromatic rings. The predicted molar refractivity (Wildman–Crippen MR) is 129 cm³/mol. The SMILES string of the molecule is COc1ccc(B2OC(C)(C)C(C)(C)O2)cc1-c1ccc2c(N)[n+](OC(=O)C(F)(F)F)c(C)cc2c1. The van der Waals surface area contributed by atoms with Crippen LogP contribution in [0.4, 0.5) is 19.0 Å². The number of carbonyl (C=O) groups is 1. The molecule has 2 aromatic carbocycles. The van der Waals surface area contributed by atoms with Crippen LogP contribution in [-0.4, -0.2) is 37.6 Å². The van der Waals surface area contributed by atoms with E-state index in [0.717, 1.165) is 16.6 Å². The Bertz CT molecular complexity index is 1340. The Balaban J connectivity index is 1.76. The molecule has 190 valence electrons. The molecule has 1 fully saturated rings. The van der Waals surface area contributed by atoms with Gasteiger partial charge >= 0.3 is 25.1 Å². The summed E-state index contributed by atoms with van der Waals surface area (Å²) in [6.45, 7) is 9.40. The highest BCUT2D eigenvalue weighted by molar-refractivity contribution is 6.62. The summed E-state index contributed by atoms with van der Waals surface area (Å²) >= 11 is 0. The summed E-state index contributed by atoms with van der Waals surface area (Å²) in [5.74, 6) is -1.88. The van der Waals surface area contributed by atoms with Gasteiger partial charge in [0.05, 0.1) is 23.7 Å². The number of pyridine rings is 1. The lowest BCUT2D eigenvalue weighted by molar-refractivity contribution is -0.862. The van der Waals surface area contributed by atoms with E-state index in [0.29, 0.717) is 21.3 Å². The number of methoxy groups -OCH3 is 1. The quantitative estimate of drug-likeness (QED) is 0.434. The molecule has 0 saturated carbocycles. The molecule has 0 amide bonds. The first kappa shape index (κ1) is 25.8. The molecule has 7 nitrogen and oxygen atoms in total. The second-order valence-electron chi connectivity index (χ2n) is 9.69. The molecular formula is C25H27BF3N2O5+. The summed E-state index contributed by atoms with van der Waals surface area (Å²) in [6.07, 6.45) is -5.15. The van der Waals surface area contributed by atoms with Crippen LogP contribution in [0, 0.1) is 6.92 Å². The maximum atomic E-state index is 12.7. The van der Waals surface area contributed by atoms with Crippen molar-refractivity contribution in [2.24, 2.45) is 0 Å². The minimum absolute atomic E-state index is 0.132. The topological polar surface area (TPSA) is 83.9 Å². The van der Waals surface area contributed by atoms with E-state index < -0.39 is 30.5 Å². The van der Waals surface area contributed by atoms with Crippen LogP contribution in [0.2, 0.25) is 0 Å². The number of anilines is 1. The summed E-state index contributed by atoms with van der Waals surface area (Å²) in [5, 5.41) is 1.06. The highest BCUT2D eigenvalue weighted by Crippen LogP contribution is 2.38. The van der Waals surface area contributed by atoms with Gasteiger partial charge in [-0.2, -0.15) is 13.2 Å². The first-order valence-corrected chi connectivity index (χ1v) is 11.2. The van der Waals surface area contributed by atoms with Crippen LogP contribution in [0.25, 0.3) is 21.9 Å². The van der Waals surface area contributed by atoms with Gasteiger partial charge in [-0.15, -0.1) is 0 Å². The number of hydrogen-bond donors (Lipinski definition) is 1. The van der Waals surface area contributed by atoms with Gasteiger partial charge in [0.15, 0.2) is 0 Å². The van der Waals surface area contributed by atoms with E-state index in [9.17, 15) is 18.0 Å². The summed E-state index contributed by atoms with van der Waals surface area (Å²) in [5.41, 5.74) is 7.65. The van der Waals surface area contributed by atoms with Crippen LogP contribution in [0.1, 0.15) is 33.4 Å². The first-order valence-electron chi connectivity index (χ1n) is 11.2. The van der Waals surface area contributed by atoms with Gasteiger partial charge in [-0.3, -0.25) is 5.73 Å². The molecule has 0 atom stereocenters. The maximum absolute atomic E-state index is 12.7. The molecule has 1 aliphatic heterocycles. The van der Waals surface area contributed by atoms with Gasteiger partial charge in [-0.1, -0.05) is 18.2 Å². The van der Waals surface area contributed by atoms with Crippen molar-refractivity contribution in [1.82, 2.24) is 0 Å². The number of ether oxygens (including phenoxy) is 1. The van der Waals surface area contributed by atoms with Crippen molar-refractivity contribution in [3.8, 4) is 16.9 Å². The number of hydrogen-bond acceptors (Lipinski definition) is 6. The molecule has 1 aliphatic rings. The molecule has 0 aliphatic carbocycles. The summed E-state index contributed by atoms with van der Waals surface area (Å²) < 4.78 is 56.7. The number of halogens is 3. The number of alkyl halides is 3. The smallest absolute Gasteiger partial charge is 0.495 e. The van der Waals surface area contributed by atoms with Crippen molar-refractivity contribution in [2.75, 3.05) is 12.8 Å². The number of benzene rings is 2. The standard InChI is InChI=1S/C25H26BF3N2O5/c1-14-11-16-12-15(7-9-18(16)21(30)31(14)34-22(32)25(27,28)29)19-13-17(8-10-20(19)33-6)26-35-23(2,3)24(4,5)36-26/h7-13,30H,1-6H3/p+1. The molecule has 4 rings (SSSR count). The highest BCUT2D eigenvalue weighted by atomic mass is 19.4. The average Bonchev–Trinajstić information content (AvgIpc) is 3.01. The van der Waals surface area contributed by atoms with Crippen molar-refractivity contribution in [3.05, 3.63) is 48.2 Å². The van der Waals surface area contributed by atoms with Crippen molar-refractivity contribution >= 4 is 35.1 Å². The van der Waals surface area contributed by atoms with Gasteiger partial charge in [0.2, 0.25) is 0 Å². The van der Waals surface area contributed by atoms with Crippen LogP contribution in [0.5, 0.6) is 5.75 Å². The monoisotopic (exact) mass is 503 g/mol. The zero-order chi connectivity index (χ0) is 26.6. The zero-order valence-corrected chi connectivity index (χ0v) is 20.8. The normalized spacial score (nSPS) is 16.9. The van der Waals surface area contributed by atoms with Crippen LogP contribution in [0.3, 0.4) is 0 Å². The lowest BCUT2D eigenvalue weighted by Gasteiger charge is -2.32. The molecule has 0 bridgehead atoms. The van der Waals surface area contributed by atoms with Crippen molar-refractivity contribution < 1.29 is 41.6 Å². The Labute approximate surface area is 207 Å². The fraction of sp³-hybridized carbons (Fsp3) is 0.360. The number of carbonyl (C=O) groups excluding carboxylic acids is 1. The third kappa shape index (κ3) is 4.48. The fourth-order valence-corrected chi connectivity index (χ4v) is 4.00. The minimum Gasteiger partial charge on any atom is -0.496 e. The van der Waals surface area contributed by atoms with Gasteiger partial charge < -0.3 is 14.0 Å². The molecule has 36 heavy (non-hydrogen) atoms. The number of nitrogens with two attached hydrogens (primary N) is 1. The van der Waals surface area contributed by atoms with Crippen LogP contribution < -0.4 is 25.5 Å². The minimum atomic E-state index is -5.15. The van der Waals surface area contributed by atoms with E-state index in [1.54, 1.807) is 25.3 Å². The number of fused-ring (bicyclic) bond motifs is 1. The Morgan fingerprint density at radius 2 is 1.67 bits per heavy atom. The summed E-state index contributed by atoms with van der Waals surface area (Å²) in [4.78, 5) is 15.8. The number of nitrogens with zero attached hydrogens (tertiary/aromatic N) is 1. The van der Waals surface area contributed by atoms with Crippen molar-refractivity contribution in [2.45, 2.75) is 52.0 Å². The Hall–Kier alpha value is -3.31. The van der Waals surface area contributed by atoms with Crippen LogP contribution in [-0.2, 0) is 14.1 Å². The molecule has 2 N–H and O–H groups in total. The number of rotatable bonds is 4.